The molecular weight excluding hydrogens is 274 g/mol. The van der Waals surface area contributed by atoms with E-state index in [4.69, 9.17) is 11.1 Å². The Bertz CT molecular complexity index is 716. The minimum Gasteiger partial charge on any atom is -0.384 e. The van der Waals surface area contributed by atoms with Crippen molar-refractivity contribution in [3.63, 3.8) is 0 Å². The highest BCUT2D eigenvalue weighted by molar-refractivity contribution is 8.01. The molecule has 0 bridgehead atoms. The number of nitrogens with two attached hydrogens (primary N) is 1. The number of nitrogens with one attached hydrogen (secondary N) is 1. The SMILES string of the molecule is N=C(N)c1ccccc1Sc1nc2ccccc2s1. The van der Waals surface area contributed by atoms with E-state index in [1.807, 2.05) is 42.5 Å². The van der Waals surface area contributed by atoms with Crippen molar-refractivity contribution in [2.45, 2.75) is 9.24 Å². The molecule has 3 rings (SSSR count). The predicted molar refractivity (Wildman–Crippen MR) is 81.2 cm³/mol. The van der Waals surface area contributed by atoms with Crippen LogP contribution in [0.1, 0.15) is 5.56 Å². The van der Waals surface area contributed by atoms with Gasteiger partial charge in [0.25, 0.3) is 0 Å². The van der Waals surface area contributed by atoms with Crippen molar-refractivity contribution in [3.8, 4) is 0 Å². The fourth-order valence-corrected chi connectivity index (χ4v) is 3.94. The number of benzene rings is 2. The van der Waals surface area contributed by atoms with E-state index in [9.17, 15) is 0 Å². The Kier molecular flexibility index (Phi) is 3.23. The van der Waals surface area contributed by atoms with Crippen molar-refractivity contribution in [1.29, 1.82) is 5.41 Å². The number of nitrogen functional groups attached to an aromatic ring is 1. The van der Waals surface area contributed by atoms with Crippen LogP contribution in [0.3, 0.4) is 0 Å². The Morgan fingerprint density at radius 1 is 1.11 bits per heavy atom. The lowest BCUT2D eigenvalue weighted by atomic mass is 10.2. The standard InChI is InChI=1S/C14H11N3S2/c15-13(16)9-5-1-3-7-11(9)18-14-17-10-6-2-4-8-12(10)19-14/h1-8H,(H3,15,16). The molecule has 0 aliphatic rings. The molecule has 0 amide bonds. The topological polar surface area (TPSA) is 62.8 Å². The molecule has 0 fully saturated rings. The average molecular weight is 285 g/mol. The van der Waals surface area contributed by atoms with Crippen LogP contribution in [-0.2, 0) is 0 Å². The lowest BCUT2D eigenvalue weighted by Crippen LogP contribution is -2.11. The summed E-state index contributed by atoms with van der Waals surface area (Å²) in [5.41, 5.74) is 7.36. The quantitative estimate of drug-likeness (QED) is 0.569. The van der Waals surface area contributed by atoms with Crippen molar-refractivity contribution in [3.05, 3.63) is 54.1 Å². The first kappa shape index (κ1) is 12.2. The van der Waals surface area contributed by atoms with Gasteiger partial charge in [-0.1, -0.05) is 42.1 Å². The van der Waals surface area contributed by atoms with Gasteiger partial charge in [-0.25, -0.2) is 4.98 Å². The molecule has 5 heteroatoms. The van der Waals surface area contributed by atoms with Crippen LogP contribution in [0.15, 0.2) is 57.8 Å². The monoisotopic (exact) mass is 285 g/mol. The summed E-state index contributed by atoms with van der Waals surface area (Å²) in [4.78, 5) is 5.55. The highest BCUT2D eigenvalue weighted by Gasteiger charge is 2.09. The number of para-hydroxylation sites is 1. The highest BCUT2D eigenvalue weighted by atomic mass is 32.2. The van der Waals surface area contributed by atoms with Gasteiger partial charge in [0.15, 0.2) is 4.34 Å². The zero-order valence-corrected chi connectivity index (χ0v) is 11.6. The fourth-order valence-electron chi connectivity index (χ4n) is 1.77. The highest BCUT2D eigenvalue weighted by Crippen LogP contribution is 2.35. The van der Waals surface area contributed by atoms with E-state index in [0.717, 1.165) is 20.3 Å². The predicted octanol–water partition coefficient (Wildman–Crippen LogP) is 3.73. The molecule has 0 aliphatic carbocycles. The van der Waals surface area contributed by atoms with Gasteiger partial charge in [-0.15, -0.1) is 11.3 Å². The second-order valence-electron chi connectivity index (χ2n) is 3.96. The summed E-state index contributed by atoms with van der Waals surface area (Å²) in [6.45, 7) is 0. The molecule has 0 atom stereocenters. The van der Waals surface area contributed by atoms with Crippen LogP contribution in [-0.4, -0.2) is 10.8 Å². The first-order chi connectivity index (χ1) is 9.24. The van der Waals surface area contributed by atoms with Crippen molar-refractivity contribution in [1.82, 2.24) is 4.98 Å². The summed E-state index contributed by atoms with van der Waals surface area (Å²) in [5.74, 6) is 0.0872. The Hall–Kier alpha value is -1.85. The summed E-state index contributed by atoms with van der Waals surface area (Å²) in [5, 5.41) is 7.60. The maximum Gasteiger partial charge on any atom is 0.155 e. The van der Waals surface area contributed by atoms with Crippen molar-refractivity contribution in [2.75, 3.05) is 0 Å². The molecule has 3 aromatic rings. The van der Waals surface area contributed by atoms with Crippen LogP contribution in [0.5, 0.6) is 0 Å². The first-order valence-electron chi connectivity index (χ1n) is 5.71. The number of thiazole rings is 1. The van der Waals surface area contributed by atoms with Crippen LogP contribution >= 0.6 is 23.1 Å². The van der Waals surface area contributed by atoms with E-state index in [1.165, 1.54) is 4.70 Å². The molecule has 0 saturated heterocycles. The molecule has 0 unspecified atom stereocenters. The minimum atomic E-state index is 0.0872. The molecule has 0 spiro atoms. The van der Waals surface area contributed by atoms with E-state index in [0.29, 0.717) is 0 Å². The summed E-state index contributed by atoms with van der Waals surface area (Å²) in [6.07, 6.45) is 0. The summed E-state index contributed by atoms with van der Waals surface area (Å²) in [6, 6.07) is 15.7. The van der Waals surface area contributed by atoms with Crippen molar-refractivity contribution < 1.29 is 0 Å². The number of rotatable bonds is 3. The third-order valence-corrected chi connectivity index (χ3v) is 4.82. The maximum atomic E-state index is 7.60. The second kappa shape index (κ2) is 5.03. The largest absolute Gasteiger partial charge is 0.384 e. The zero-order valence-electron chi connectivity index (χ0n) is 9.96. The van der Waals surface area contributed by atoms with Gasteiger partial charge < -0.3 is 5.73 Å². The Morgan fingerprint density at radius 2 is 1.84 bits per heavy atom. The lowest BCUT2D eigenvalue weighted by Gasteiger charge is -2.04. The van der Waals surface area contributed by atoms with E-state index in [1.54, 1.807) is 23.1 Å². The number of amidine groups is 1. The zero-order chi connectivity index (χ0) is 13.2. The third kappa shape index (κ3) is 2.47. The molecule has 19 heavy (non-hydrogen) atoms. The Labute approximate surface area is 119 Å². The van der Waals surface area contributed by atoms with Gasteiger partial charge in [0.2, 0.25) is 0 Å². The van der Waals surface area contributed by atoms with Gasteiger partial charge in [-0.05, 0) is 18.2 Å². The van der Waals surface area contributed by atoms with Gasteiger partial charge in [0.05, 0.1) is 10.2 Å². The molecule has 94 valence electrons. The van der Waals surface area contributed by atoms with Gasteiger partial charge >= 0.3 is 0 Å². The number of aromatic nitrogens is 1. The first-order valence-corrected chi connectivity index (χ1v) is 7.34. The lowest BCUT2D eigenvalue weighted by molar-refractivity contribution is 1.28. The van der Waals surface area contributed by atoms with Gasteiger partial charge in [-0.2, -0.15) is 0 Å². The minimum absolute atomic E-state index is 0.0872. The van der Waals surface area contributed by atoms with Crippen LogP contribution in [0.4, 0.5) is 0 Å². The van der Waals surface area contributed by atoms with Gasteiger partial charge in [-0.3, -0.25) is 5.41 Å². The van der Waals surface area contributed by atoms with Gasteiger partial charge in [0.1, 0.15) is 5.84 Å². The van der Waals surface area contributed by atoms with Crippen LogP contribution < -0.4 is 5.73 Å². The Balaban J connectivity index is 1.99. The molecule has 1 heterocycles. The normalized spacial score (nSPS) is 10.7. The molecule has 3 N–H and O–H groups in total. The number of fused-ring (bicyclic) bond motifs is 1. The van der Waals surface area contributed by atoms with E-state index in [2.05, 4.69) is 11.1 Å². The Morgan fingerprint density at radius 3 is 2.63 bits per heavy atom. The molecular formula is C14H11N3S2. The van der Waals surface area contributed by atoms with Crippen molar-refractivity contribution >= 4 is 39.2 Å². The number of hydrogen-bond acceptors (Lipinski definition) is 4. The molecule has 0 saturated carbocycles. The van der Waals surface area contributed by atoms with E-state index < -0.39 is 0 Å². The van der Waals surface area contributed by atoms with Crippen LogP contribution in [0.2, 0.25) is 0 Å². The van der Waals surface area contributed by atoms with Crippen LogP contribution in [0.25, 0.3) is 10.2 Å². The molecule has 0 aliphatic heterocycles. The van der Waals surface area contributed by atoms with E-state index in [-0.39, 0.29) is 5.84 Å². The number of nitrogens with zero attached hydrogens (tertiary/aromatic N) is 1. The smallest absolute Gasteiger partial charge is 0.155 e. The molecule has 0 radical (unpaired) electrons. The average Bonchev–Trinajstić information content (AvgIpc) is 2.81. The van der Waals surface area contributed by atoms with Gasteiger partial charge in [0, 0.05) is 10.5 Å². The maximum absolute atomic E-state index is 7.60. The molecule has 3 nitrogen and oxygen atoms in total. The van der Waals surface area contributed by atoms with E-state index >= 15 is 0 Å². The molecule has 2 aromatic carbocycles. The summed E-state index contributed by atoms with van der Waals surface area (Å²) in [7, 11) is 0. The summed E-state index contributed by atoms with van der Waals surface area (Å²) < 4.78 is 2.14. The number of hydrogen-bond donors (Lipinski definition) is 2. The van der Waals surface area contributed by atoms with Crippen molar-refractivity contribution in [2.24, 2.45) is 5.73 Å². The fraction of sp³-hybridized carbons (Fsp3) is 0. The summed E-state index contributed by atoms with van der Waals surface area (Å²) >= 11 is 3.21. The molecule has 1 aromatic heterocycles. The second-order valence-corrected chi connectivity index (χ2v) is 6.28. The van der Waals surface area contributed by atoms with Crippen LogP contribution in [0, 0.1) is 5.41 Å². The third-order valence-electron chi connectivity index (χ3n) is 2.65.